The lowest BCUT2D eigenvalue weighted by atomic mass is 9.86. The minimum Gasteiger partial charge on any atom is -0.495 e. The van der Waals surface area contributed by atoms with Crippen molar-refractivity contribution in [2.24, 2.45) is 0 Å². The number of hydrogen-bond donors (Lipinski definition) is 2. The predicted molar refractivity (Wildman–Crippen MR) is 115 cm³/mol. The highest BCUT2D eigenvalue weighted by Crippen LogP contribution is 2.42. The SMILES string of the molecule is CC[C@@]1(O)C(=O)OCc2c1cc1n(c2=O)Cc2c-1nc1cc(C#N)c(OC)cc1c2NC. The lowest BCUT2D eigenvalue weighted by molar-refractivity contribution is -0.172. The van der Waals surface area contributed by atoms with Crippen molar-refractivity contribution in [3.63, 3.8) is 0 Å². The minimum absolute atomic E-state index is 0.0762. The van der Waals surface area contributed by atoms with E-state index in [1.807, 2.05) is 0 Å². The highest BCUT2D eigenvalue weighted by atomic mass is 16.6. The molecule has 0 bridgehead atoms. The number of benzene rings is 1. The Bertz CT molecular complexity index is 1440. The summed E-state index contributed by atoms with van der Waals surface area (Å²) in [6.07, 6.45) is 0.0762. The van der Waals surface area contributed by atoms with Gasteiger partial charge in [0.1, 0.15) is 18.4 Å². The van der Waals surface area contributed by atoms with Crippen LogP contribution in [0.3, 0.4) is 0 Å². The topological polar surface area (TPSA) is 126 Å². The number of carbonyl (C=O) groups excluding carboxylic acids is 1. The summed E-state index contributed by atoms with van der Waals surface area (Å²) in [6.45, 7) is 1.76. The Labute approximate surface area is 182 Å². The molecule has 0 amide bonds. The molecule has 5 rings (SSSR count). The Morgan fingerprint density at radius 3 is 2.78 bits per heavy atom. The summed E-state index contributed by atoms with van der Waals surface area (Å²) in [7, 11) is 3.28. The van der Waals surface area contributed by atoms with Gasteiger partial charge in [0.15, 0.2) is 5.60 Å². The molecule has 162 valence electrons. The summed E-state index contributed by atoms with van der Waals surface area (Å²) in [5.74, 6) is -0.326. The van der Waals surface area contributed by atoms with Crippen LogP contribution in [0.15, 0.2) is 23.0 Å². The van der Waals surface area contributed by atoms with Gasteiger partial charge in [0.05, 0.1) is 47.4 Å². The Balaban J connectivity index is 1.84. The zero-order valence-corrected chi connectivity index (χ0v) is 17.8. The first-order valence-electron chi connectivity index (χ1n) is 10.2. The van der Waals surface area contributed by atoms with Gasteiger partial charge in [0.25, 0.3) is 5.56 Å². The molecular weight excluding hydrogens is 412 g/mol. The van der Waals surface area contributed by atoms with E-state index in [2.05, 4.69) is 11.4 Å². The molecule has 2 N–H and O–H groups in total. The normalized spacial score (nSPS) is 18.4. The highest BCUT2D eigenvalue weighted by Gasteiger charge is 2.45. The molecule has 0 saturated carbocycles. The summed E-state index contributed by atoms with van der Waals surface area (Å²) in [6, 6.07) is 7.18. The first-order chi connectivity index (χ1) is 15.4. The Morgan fingerprint density at radius 2 is 2.12 bits per heavy atom. The number of carbonyl (C=O) groups is 1. The van der Waals surface area contributed by atoms with Crippen molar-refractivity contribution in [3.05, 3.63) is 50.8 Å². The second-order valence-electron chi connectivity index (χ2n) is 7.85. The number of nitrogens with one attached hydrogen (secondary N) is 1. The van der Waals surface area contributed by atoms with Crippen molar-refractivity contribution in [3.8, 4) is 23.2 Å². The van der Waals surface area contributed by atoms with Gasteiger partial charge in [-0.2, -0.15) is 5.26 Å². The monoisotopic (exact) mass is 432 g/mol. The Morgan fingerprint density at radius 1 is 1.34 bits per heavy atom. The van der Waals surface area contributed by atoms with E-state index in [0.29, 0.717) is 28.2 Å². The van der Waals surface area contributed by atoms with Gasteiger partial charge in [-0.25, -0.2) is 9.78 Å². The summed E-state index contributed by atoms with van der Waals surface area (Å²) in [5, 5.41) is 24.4. The van der Waals surface area contributed by atoms with Crippen LogP contribution in [0.5, 0.6) is 5.75 Å². The number of esters is 1. The van der Waals surface area contributed by atoms with Crippen LogP contribution in [-0.4, -0.2) is 34.8 Å². The number of hydrogen-bond acceptors (Lipinski definition) is 8. The molecular formula is C23H20N4O5. The fourth-order valence-electron chi connectivity index (χ4n) is 4.65. The third-order valence-electron chi connectivity index (χ3n) is 6.38. The van der Waals surface area contributed by atoms with Crippen LogP contribution in [0.25, 0.3) is 22.3 Å². The van der Waals surface area contributed by atoms with Crippen molar-refractivity contribution in [1.82, 2.24) is 9.55 Å². The van der Waals surface area contributed by atoms with E-state index < -0.39 is 11.6 Å². The molecule has 0 fully saturated rings. The molecule has 3 aromatic rings. The summed E-state index contributed by atoms with van der Waals surface area (Å²) >= 11 is 0. The zero-order valence-electron chi connectivity index (χ0n) is 17.8. The molecule has 1 atom stereocenters. The van der Waals surface area contributed by atoms with Crippen LogP contribution in [0.1, 0.15) is 35.6 Å². The maximum absolute atomic E-state index is 13.3. The van der Waals surface area contributed by atoms with E-state index in [1.165, 1.54) is 7.11 Å². The third-order valence-corrected chi connectivity index (χ3v) is 6.38. The second-order valence-corrected chi connectivity index (χ2v) is 7.85. The molecule has 0 spiro atoms. The maximum Gasteiger partial charge on any atom is 0.343 e. The number of anilines is 1. The molecule has 0 saturated heterocycles. The molecule has 2 aliphatic rings. The number of nitrogens with zero attached hydrogens (tertiary/aromatic N) is 3. The van der Waals surface area contributed by atoms with Crippen LogP contribution in [0, 0.1) is 11.3 Å². The Hall–Kier alpha value is -3.90. The molecule has 9 nitrogen and oxygen atoms in total. The number of aromatic nitrogens is 2. The quantitative estimate of drug-likeness (QED) is 0.471. The third kappa shape index (κ3) is 2.44. The molecule has 9 heteroatoms. The fraction of sp³-hybridized carbons (Fsp3) is 0.304. The van der Waals surface area contributed by atoms with Gasteiger partial charge in [-0.05, 0) is 24.6 Å². The van der Waals surface area contributed by atoms with Crippen molar-refractivity contribution in [2.75, 3.05) is 19.5 Å². The lowest BCUT2D eigenvalue weighted by Crippen LogP contribution is -2.44. The van der Waals surface area contributed by atoms with Gasteiger partial charge < -0.3 is 24.5 Å². The van der Waals surface area contributed by atoms with Crippen LogP contribution >= 0.6 is 0 Å². The number of aliphatic hydroxyl groups is 1. The van der Waals surface area contributed by atoms with E-state index in [9.17, 15) is 20.0 Å². The van der Waals surface area contributed by atoms with Crippen molar-refractivity contribution in [1.29, 1.82) is 5.26 Å². The molecule has 2 aromatic heterocycles. The van der Waals surface area contributed by atoms with Gasteiger partial charge in [0, 0.05) is 23.6 Å². The number of ether oxygens (including phenoxy) is 2. The van der Waals surface area contributed by atoms with Gasteiger partial charge in [-0.1, -0.05) is 6.92 Å². The number of cyclic esters (lactones) is 1. The molecule has 32 heavy (non-hydrogen) atoms. The van der Waals surface area contributed by atoms with E-state index in [-0.39, 0.29) is 36.3 Å². The van der Waals surface area contributed by atoms with E-state index in [1.54, 1.807) is 36.7 Å². The van der Waals surface area contributed by atoms with E-state index in [0.717, 1.165) is 16.6 Å². The molecule has 0 aliphatic carbocycles. The number of fused-ring (bicyclic) bond motifs is 5. The largest absolute Gasteiger partial charge is 0.495 e. The summed E-state index contributed by atoms with van der Waals surface area (Å²) < 4.78 is 12.0. The standard InChI is InChI=1S/C23H20N4O5/c1-4-23(30)15-7-17-20-13(9-27(17)21(28)14(15)10-32-22(23)29)19(25-2)12-6-18(31-3)11(8-24)5-16(12)26-20/h5-7,30H,4,9-10H2,1-3H3,(H,25,26)/t23-/m0/s1. The minimum atomic E-state index is -1.88. The van der Waals surface area contributed by atoms with Gasteiger partial charge >= 0.3 is 5.97 Å². The van der Waals surface area contributed by atoms with E-state index >= 15 is 0 Å². The van der Waals surface area contributed by atoms with Gasteiger partial charge in [0.2, 0.25) is 0 Å². The average molecular weight is 432 g/mol. The number of methoxy groups -OCH3 is 1. The number of nitriles is 1. The number of rotatable bonds is 3. The maximum atomic E-state index is 13.3. The smallest absolute Gasteiger partial charge is 0.343 e. The Kier molecular flexibility index (Phi) is 4.26. The predicted octanol–water partition coefficient (Wildman–Crippen LogP) is 2.00. The van der Waals surface area contributed by atoms with Gasteiger partial charge in [-0.15, -0.1) is 0 Å². The summed E-state index contributed by atoms with van der Waals surface area (Å²) in [4.78, 5) is 30.4. The van der Waals surface area contributed by atoms with Crippen molar-refractivity contribution < 1.29 is 19.4 Å². The van der Waals surface area contributed by atoms with Gasteiger partial charge in [-0.3, -0.25) is 4.79 Å². The average Bonchev–Trinajstić information content (AvgIpc) is 3.17. The number of pyridine rings is 2. The molecule has 0 radical (unpaired) electrons. The molecule has 4 heterocycles. The van der Waals surface area contributed by atoms with E-state index in [4.69, 9.17) is 14.5 Å². The molecule has 2 aliphatic heterocycles. The highest BCUT2D eigenvalue weighted by molar-refractivity contribution is 5.98. The molecule has 0 unspecified atom stereocenters. The van der Waals surface area contributed by atoms with Crippen LogP contribution < -0.4 is 15.6 Å². The van der Waals surface area contributed by atoms with Crippen LogP contribution in [-0.2, 0) is 28.3 Å². The second kappa shape index (κ2) is 6.80. The summed E-state index contributed by atoms with van der Waals surface area (Å²) in [5.41, 5.74) is 1.89. The van der Waals surface area contributed by atoms with Crippen molar-refractivity contribution in [2.45, 2.75) is 32.1 Å². The van der Waals surface area contributed by atoms with Crippen molar-refractivity contribution >= 4 is 22.6 Å². The first kappa shape index (κ1) is 20.0. The lowest BCUT2D eigenvalue weighted by Gasteiger charge is -2.31. The first-order valence-corrected chi connectivity index (χ1v) is 10.2. The molecule has 1 aromatic carbocycles. The zero-order chi connectivity index (χ0) is 22.8. The van der Waals surface area contributed by atoms with Crippen LogP contribution in [0.4, 0.5) is 5.69 Å². The fourth-order valence-corrected chi connectivity index (χ4v) is 4.65. The van der Waals surface area contributed by atoms with Crippen LogP contribution in [0.2, 0.25) is 0 Å².